The predicted octanol–water partition coefficient (Wildman–Crippen LogP) is 1.52. The van der Waals surface area contributed by atoms with E-state index in [9.17, 15) is 31.5 Å². The van der Waals surface area contributed by atoms with E-state index in [1.807, 2.05) is 0 Å². The van der Waals surface area contributed by atoms with E-state index in [0.29, 0.717) is 0 Å². The number of halogens is 6. The number of rotatable bonds is 3. The minimum absolute atomic E-state index is 2.79. The van der Waals surface area contributed by atoms with E-state index in [1.54, 1.807) is 0 Å². The second-order valence-corrected chi connectivity index (χ2v) is 2.04. The molecule has 8 heteroatoms. The fraction of sp³-hybridized carbons (Fsp3) is 0.500. The van der Waals surface area contributed by atoms with Crippen LogP contribution in [0.1, 0.15) is 0 Å². The quantitative estimate of drug-likeness (QED) is 0.523. The first-order chi connectivity index (χ1) is 5.14. The zero-order valence-corrected chi connectivity index (χ0v) is 5.84. The highest BCUT2D eigenvalue weighted by atomic mass is 35.5. The molecule has 12 heavy (non-hydrogen) atoms. The van der Waals surface area contributed by atoms with Crippen LogP contribution >= 0.6 is 11.6 Å². The third-order valence-corrected chi connectivity index (χ3v) is 1.13. The lowest BCUT2D eigenvalue weighted by atomic mass is 10.2. The van der Waals surface area contributed by atoms with Crippen LogP contribution in [0.15, 0.2) is 0 Å². The fourth-order valence-corrected chi connectivity index (χ4v) is 0.366. The Hall–Kier alpha value is -0.720. The summed E-state index contributed by atoms with van der Waals surface area (Å²) in [5.41, 5.74) is 0. The molecule has 0 aromatic rings. The van der Waals surface area contributed by atoms with Crippen molar-refractivity contribution in [2.24, 2.45) is 0 Å². The monoisotopic (exact) mass is 210 g/mol. The number of alkyl halides is 4. The van der Waals surface area contributed by atoms with Gasteiger partial charge in [-0.25, -0.2) is 0 Å². The molecule has 0 saturated heterocycles. The molecule has 0 fully saturated rings. The summed E-state index contributed by atoms with van der Waals surface area (Å²) in [5.74, 6) is -11.2. The van der Waals surface area contributed by atoms with Crippen molar-refractivity contribution < 1.29 is 31.5 Å². The van der Waals surface area contributed by atoms with Crippen LogP contribution in [-0.2, 0) is 9.59 Å². The number of carbonyl (C=O) groups is 2. The van der Waals surface area contributed by atoms with Crippen LogP contribution in [0.5, 0.6) is 0 Å². The zero-order chi connectivity index (χ0) is 10.2. The van der Waals surface area contributed by atoms with Crippen molar-refractivity contribution in [2.75, 3.05) is 0 Å². The molecule has 0 aliphatic carbocycles. The lowest BCUT2D eigenvalue weighted by Crippen LogP contribution is -2.49. The minimum Gasteiger partial charge on any atom is -0.274 e. The van der Waals surface area contributed by atoms with Crippen molar-refractivity contribution >= 4 is 22.9 Å². The van der Waals surface area contributed by atoms with Gasteiger partial charge in [-0.2, -0.15) is 22.0 Å². The Labute approximate surface area is 67.3 Å². The van der Waals surface area contributed by atoms with E-state index in [1.165, 1.54) is 0 Å². The molecule has 0 aromatic carbocycles. The Morgan fingerprint density at radius 1 is 1.00 bits per heavy atom. The van der Waals surface area contributed by atoms with Crippen molar-refractivity contribution in [3.63, 3.8) is 0 Å². The minimum atomic E-state index is -5.70. The van der Waals surface area contributed by atoms with Crippen LogP contribution in [0, 0.1) is 0 Å². The highest BCUT2D eigenvalue weighted by molar-refractivity contribution is 6.65. The van der Waals surface area contributed by atoms with E-state index in [2.05, 4.69) is 11.6 Å². The third kappa shape index (κ3) is 1.55. The summed E-state index contributed by atoms with van der Waals surface area (Å²) in [4.78, 5) is 18.9. The van der Waals surface area contributed by atoms with Crippen LogP contribution in [0.4, 0.5) is 22.0 Å². The second kappa shape index (κ2) is 2.96. The van der Waals surface area contributed by atoms with Gasteiger partial charge < -0.3 is 0 Å². The molecule has 2 nitrogen and oxygen atoms in total. The first-order valence-electron chi connectivity index (χ1n) is 2.29. The van der Waals surface area contributed by atoms with Gasteiger partial charge in [0.2, 0.25) is 0 Å². The Morgan fingerprint density at radius 2 is 1.33 bits per heavy atom. The van der Waals surface area contributed by atoms with E-state index >= 15 is 0 Å². The molecule has 0 aromatic heterocycles. The summed E-state index contributed by atoms with van der Waals surface area (Å²) in [6.45, 7) is 0. The van der Waals surface area contributed by atoms with Gasteiger partial charge in [0, 0.05) is 0 Å². The van der Waals surface area contributed by atoms with Crippen molar-refractivity contribution in [1.29, 1.82) is 0 Å². The Morgan fingerprint density at radius 3 is 1.42 bits per heavy atom. The summed E-state index contributed by atoms with van der Waals surface area (Å²) in [5, 5.41) is -2.79. The molecule has 0 rings (SSSR count). The number of hydrogen-bond donors (Lipinski definition) is 0. The van der Waals surface area contributed by atoms with Crippen molar-refractivity contribution in [3.05, 3.63) is 0 Å². The first kappa shape index (κ1) is 11.3. The van der Waals surface area contributed by atoms with Crippen molar-refractivity contribution in [3.8, 4) is 0 Å². The summed E-state index contributed by atoms with van der Waals surface area (Å²) >= 11 is 4.01. The number of hydrogen-bond acceptors (Lipinski definition) is 2. The summed E-state index contributed by atoms with van der Waals surface area (Å²) in [7, 11) is 0. The van der Waals surface area contributed by atoms with Crippen LogP contribution in [0.2, 0.25) is 0 Å². The zero-order valence-electron chi connectivity index (χ0n) is 5.08. The summed E-state index contributed by atoms with van der Waals surface area (Å²) in [6, 6.07) is -3.61. The molecule has 70 valence electrons. The summed E-state index contributed by atoms with van der Waals surface area (Å²) in [6.07, 6.45) is 0. The molecule has 0 heterocycles. The number of carbonyl (C=O) groups excluding carboxylic acids is 2. The average molecular weight is 210 g/mol. The van der Waals surface area contributed by atoms with Crippen molar-refractivity contribution in [2.45, 2.75) is 11.8 Å². The Kier molecular flexibility index (Phi) is 2.79. The van der Waals surface area contributed by atoms with Crippen LogP contribution in [0.25, 0.3) is 0 Å². The van der Waals surface area contributed by atoms with Gasteiger partial charge >= 0.3 is 17.9 Å². The van der Waals surface area contributed by atoms with E-state index in [4.69, 9.17) is 0 Å². The van der Waals surface area contributed by atoms with Crippen molar-refractivity contribution in [1.82, 2.24) is 0 Å². The maximum atomic E-state index is 11.9. The largest absolute Gasteiger partial charge is 0.406 e. The SMILES string of the molecule is O=C(F)C(F)(F)C(F)(F)C(=O)Cl. The highest BCUT2D eigenvalue weighted by Crippen LogP contribution is 2.36. The van der Waals surface area contributed by atoms with Gasteiger partial charge in [0.15, 0.2) is 0 Å². The topological polar surface area (TPSA) is 34.1 Å². The average Bonchev–Trinajstić information content (AvgIpc) is 1.86. The standard InChI is InChI=1S/C4ClF5O2/c5-1(11)3(7,8)4(9,10)2(6)12. The molecule has 0 atom stereocenters. The lowest BCUT2D eigenvalue weighted by molar-refractivity contribution is -0.211. The molecule has 0 spiro atoms. The normalized spacial score (nSPS) is 12.8. The van der Waals surface area contributed by atoms with E-state index in [-0.39, 0.29) is 0 Å². The smallest absolute Gasteiger partial charge is 0.274 e. The van der Waals surface area contributed by atoms with Gasteiger partial charge in [0.05, 0.1) is 0 Å². The van der Waals surface area contributed by atoms with Gasteiger partial charge in [-0.05, 0) is 11.6 Å². The molecular formula is C4ClF5O2. The first-order valence-corrected chi connectivity index (χ1v) is 2.67. The van der Waals surface area contributed by atoms with Gasteiger partial charge in [0.25, 0.3) is 5.24 Å². The maximum Gasteiger partial charge on any atom is 0.406 e. The Balaban J connectivity index is 5.01. The molecule has 0 unspecified atom stereocenters. The Bertz CT molecular complexity index is 201. The molecule has 0 aliphatic heterocycles. The van der Waals surface area contributed by atoms with Crippen LogP contribution < -0.4 is 0 Å². The molecule has 0 radical (unpaired) electrons. The third-order valence-electron chi connectivity index (χ3n) is 0.888. The second-order valence-electron chi connectivity index (χ2n) is 1.70. The highest BCUT2D eigenvalue weighted by Gasteiger charge is 2.67. The van der Waals surface area contributed by atoms with Crippen LogP contribution in [-0.4, -0.2) is 23.1 Å². The fourth-order valence-electron chi connectivity index (χ4n) is 0.247. The molecule has 0 N–H and O–H groups in total. The molecule has 0 amide bonds. The molecule has 0 bridgehead atoms. The molecule has 0 aliphatic rings. The van der Waals surface area contributed by atoms with E-state index in [0.717, 1.165) is 0 Å². The van der Waals surface area contributed by atoms with E-state index < -0.39 is 23.1 Å². The van der Waals surface area contributed by atoms with Crippen LogP contribution in [0.3, 0.4) is 0 Å². The summed E-state index contributed by atoms with van der Waals surface area (Å²) < 4.78 is 58.6. The molecular weight excluding hydrogens is 210 g/mol. The maximum absolute atomic E-state index is 11.9. The van der Waals surface area contributed by atoms with Gasteiger partial charge in [0.1, 0.15) is 0 Å². The van der Waals surface area contributed by atoms with Gasteiger partial charge in [-0.3, -0.25) is 9.59 Å². The predicted molar refractivity (Wildman–Crippen MR) is 26.9 cm³/mol. The van der Waals surface area contributed by atoms with Gasteiger partial charge in [-0.1, -0.05) is 0 Å². The van der Waals surface area contributed by atoms with Gasteiger partial charge in [-0.15, -0.1) is 0 Å². The molecule has 0 saturated carbocycles. The lowest BCUT2D eigenvalue weighted by Gasteiger charge is -2.17.